The molecule has 208 valence electrons. The fourth-order valence-electron chi connectivity index (χ4n) is 3.51. The van der Waals surface area contributed by atoms with E-state index in [4.69, 9.17) is 13.9 Å². The van der Waals surface area contributed by atoms with Crippen LogP contribution in [0.1, 0.15) is 63.0 Å². The Hall–Kier alpha value is -1.90. The standard InChI is InChI=1S/C16H26O3Si.C15H26OSi/c1-16(2,3)20(5,6)19-11-10-13-8-7-9-14(12-17)15(13)18-4;1-15(2,3)17(5,6)12-11-13-9-7-8-10-14(13)16-4/h7-9,12H,10-11H2,1-6H3;7-10H,11-12H2,1-6H3. The van der Waals surface area contributed by atoms with Crippen molar-refractivity contribution < 1.29 is 18.7 Å². The van der Waals surface area contributed by atoms with Gasteiger partial charge in [0.05, 0.1) is 27.9 Å². The third kappa shape index (κ3) is 9.73. The van der Waals surface area contributed by atoms with Crippen molar-refractivity contribution in [3.63, 3.8) is 0 Å². The van der Waals surface area contributed by atoms with Crippen molar-refractivity contribution in [2.45, 2.75) is 96.7 Å². The van der Waals surface area contributed by atoms with Crippen LogP contribution in [0.4, 0.5) is 0 Å². The number of methoxy groups -OCH3 is 2. The summed E-state index contributed by atoms with van der Waals surface area (Å²) in [5.74, 6) is 1.70. The fraction of sp³-hybridized carbons (Fsp3) is 0.581. The van der Waals surface area contributed by atoms with Crippen LogP contribution in [0.15, 0.2) is 42.5 Å². The molecule has 6 heteroatoms. The molecule has 0 aromatic heterocycles. The van der Waals surface area contributed by atoms with Crippen LogP contribution >= 0.6 is 0 Å². The lowest BCUT2D eigenvalue weighted by Crippen LogP contribution is -2.41. The minimum Gasteiger partial charge on any atom is -0.496 e. The van der Waals surface area contributed by atoms with Gasteiger partial charge in [-0.2, -0.15) is 0 Å². The smallest absolute Gasteiger partial charge is 0.191 e. The van der Waals surface area contributed by atoms with Crippen LogP contribution in [0.5, 0.6) is 11.5 Å². The maximum Gasteiger partial charge on any atom is 0.191 e. The first-order chi connectivity index (χ1) is 17.0. The molecule has 0 spiro atoms. The summed E-state index contributed by atoms with van der Waals surface area (Å²) < 4.78 is 16.9. The number of hydrogen-bond donors (Lipinski definition) is 0. The van der Waals surface area contributed by atoms with Crippen LogP contribution < -0.4 is 9.47 Å². The summed E-state index contributed by atoms with van der Waals surface area (Å²) in [6.45, 7) is 23.9. The molecular weight excluding hydrogens is 493 g/mol. The van der Waals surface area contributed by atoms with E-state index < -0.39 is 16.4 Å². The normalized spacial score (nSPS) is 12.4. The number of rotatable bonds is 10. The van der Waals surface area contributed by atoms with Crippen molar-refractivity contribution in [1.82, 2.24) is 0 Å². The van der Waals surface area contributed by atoms with E-state index in [0.717, 1.165) is 30.4 Å². The summed E-state index contributed by atoms with van der Waals surface area (Å²) in [5.41, 5.74) is 2.97. The first-order valence-electron chi connectivity index (χ1n) is 13.4. The van der Waals surface area contributed by atoms with Crippen LogP contribution in [-0.2, 0) is 17.3 Å². The van der Waals surface area contributed by atoms with Crippen molar-refractivity contribution in [3.05, 3.63) is 59.2 Å². The average molecular weight is 545 g/mol. The Morgan fingerprint density at radius 2 is 1.35 bits per heavy atom. The molecule has 2 rings (SSSR count). The zero-order chi connectivity index (χ0) is 28.5. The molecule has 0 amide bonds. The van der Waals surface area contributed by atoms with Gasteiger partial charge in [0.2, 0.25) is 0 Å². The Balaban J connectivity index is 0.000000375. The Bertz CT molecular complexity index is 985. The van der Waals surface area contributed by atoms with Gasteiger partial charge in [0.15, 0.2) is 14.6 Å². The first kappa shape index (κ1) is 33.1. The number of ether oxygens (including phenoxy) is 2. The predicted octanol–water partition coefficient (Wildman–Crippen LogP) is 8.82. The summed E-state index contributed by atoms with van der Waals surface area (Å²) in [7, 11) is 0.455. The molecule has 37 heavy (non-hydrogen) atoms. The largest absolute Gasteiger partial charge is 0.496 e. The lowest BCUT2D eigenvalue weighted by atomic mass is 10.1. The molecule has 0 aliphatic heterocycles. The zero-order valence-corrected chi connectivity index (χ0v) is 27.6. The Labute approximate surface area is 229 Å². The number of para-hydroxylation sites is 2. The predicted molar refractivity (Wildman–Crippen MR) is 164 cm³/mol. The molecule has 0 bridgehead atoms. The molecule has 0 aliphatic carbocycles. The molecule has 0 atom stereocenters. The van der Waals surface area contributed by atoms with Crippen molar-refractivity contribution in [2.75, 3.05) is 20.8 Å². The summed E-state index contributed by atoms with van der Waals surface area (Å²) in [6, 6.07) is 15.3. The van der Waals surface area contributed by atoms with Crippen molar-refractivity contribution in [3.8, 4) is 11.5 Å². The fourth-order valence-corrected chi connectivity index (χ4v) is 6.20. The monoisotopic (exact) mass is 544 g/mol. The summed E-state index contributed by atoms with van der Waals surface area (Å²) in [4.78, 5) is 11.0. The number of carbonyl (C=O) groups is 1. The van der Waals surface area contributed by atoms with E-state index in [0.29, 0.717) is 23.0 Å². The highest BCUT2D eigenvalue weighted by Gasteiger charge is 2.37. The Kier molecular flexibility index (Phi) is 12.3. The number of hydrogen-bond acceptors (Lipinski definition) is 4. The number of carbonyl (C=O) groups excluding carboxylic acids is 1. The Morgan fingerprint density at radius 1 is 0.757 bits per heavy atom. The van der Waals surface area contributed by atoms with E-state index in [1.807, 2.05) is 18.2 Å². The second kappa shape index (κ2) is 13.8. The third-order valence-electron chi connectivity index (χ3n) is 8.34. The van der Waals surface area contributed by atoms with Crippen LogP contribution in [0.25, 0.3) is 0 Å². The van der Waals surface area contributed by atoms with Crippen LogP contribution in [0.3, 0.4) is 0 Å². The summed E-state index contributed by atoms with van der Waals surface area (Å²) >= 11 is 0. The van der Waals surface area contributed by atoms with Gasteiger partial charge < -0.3 is 13.9 Å². The van der Waals surface area contributed by atoms with Gasteiger partial charge in [-0.3, -0.25) is 4.79 Å². The molecule has 4 nitrogen and oxygen atoms in total. The SMILES string of the molecule is COc1c(C=O)cccc1CCO[Si](C)(C)C(C)(C)C.COc1ccccc1CC[Si](C)(C)C(C)(C)C. The number of aryl methyl sites for hydroxylation is 1. The van der Waals surface area contributed by atoms with Gasteiger partial charge in [0.25, 0.3) is 0 Å². The highest BCUT2D eigenvalue weighted by Crippen LogP contribution is 2.40. The minimum absolute atomic E-state index is 0.210. The molecule has 0 heterocycles. The topological polar surface area (TPSA) is 44.8 Å². The highest BCUT2D eigenvalue weighted by atomic mass is 28.4. The van der Waals surface area contributed by atoms with Gasteiger partial charge in [0.1, 0.15) is 11.5 Å². The zero-order valence-electron chi connectivity index (χ0n) is 25.6. The highest BCUT2D eigenvalue weighted by molar-refractivity contribution is 6.80. The van der Waals surface area contributed by atoms with E-state index in [9.17, 15) is 4.79 Å². The molecule has 0 N–H and O–H groups in total. The lowest BCUT2D eigenvalue weighted by Gasteiger charge is -2.37. The van der Waals surface area contributed by atoms with Crippen LogP contribution in [-0.4, -0.2) is 43.5 Å². The molecule has 0 unspecified atom stereocenters. The third-order valence-corrected chi connectivity index (χ3v) is 18.4. The lowest BCUT2D eigenvalue weighted by molar-refractivity contribution is 0.112. The summed E-state index contributed by atoms with van der Waals surface area (Å²) in [5, 5.41) is 0.677. The molecule has 0 radical (unpaired) electrons. The minimum atomic E-state index is -1.72. The molecule has 2 aromatic carbocycles. The molecule has 0 saturated heterocycles. The molecular formula is C31H52O4Si2. The molecule has 0 saturated carbocycles. The van der Waals surface area contributed by atoms with Gasteiger partial charge >= 0.3 is 0 Å². The second-order valence-electron chi connectivity index (χ2n) is 13.0. The van der Waals surface area contributed by atoms with Gasteiger partial charge in [-0.25, -0.2) is 0 Å². The van der Waals surface area contributed by atoms with Gasteiger partial charge in [-0.15, -0.1) is 0 Å². The van der Waals surface area contributed by atoms with E-state index in [2.05, 4.69) is 85.9 Å². The van der Waals surface area contributed by atoms with Crippen molar-refractivity contribution in [1.29, 1.82) is 0 Å². The molecule has 0 aliphatic rings. The van der Waals surface area contributed by atoms with E-state index >= 15 is 0 Å². The van der Waals surface area contributed by atoms with Gasteiger partial charge in [-0.1, -0.05) is 91.0 Å². The molecule has 0 fully saturated rings. The quantitative estimate of drug-likeness (QED) is 0.221. The van der Waals surface area contributed by atoms with Crippen molar-refractivity contribution >= 4 is 22.7 Å². The van der Waals surface area contributed by atoms with Crippen LogP contribution in [0.2, 0.25) is 42.3 Å². The Morgan fingerprint density at radius 3 is 1.86 bits per heavy atom. The first-order valence-corrected chi connectivity index (χ1v) is 19.5. The molecule has 2 aromatic rings. The second-order valence-corrected chi connectivity index (χ2v) is 23.5. The van der Waals surface area contributed by atoms with Crippen molar-refractivity contribution in [2.24, 2.45) is 0 Å². The van der Waals surface area contributed by atoms with Gasteiger partial charge in [-0.05, 0) is 59.3 Å². The maximum absolute atomic E-state index is 11.0. The van der Waals surface area contributed by atoms with E-state index in [1.165, 1.54) is 11.6 Å². The van der Waals surface area contributed by atoms with Crippen LogP contribution in [0, 0.1) is 0 Å². The number of benzene rings is 2. The number of aldehydes is 1. The summed E-state index contributed by atoms with van der Waals surface area (Å²) in [6.07, 6.45) is 2.73. The van der Waals surface area contributed by atoms with E-state index in [-0.39, 0.29) is 5.04 Å². The average Bonchev–Trinajstić information content (AvgIpc) is 2.81. The maximum atomic E-state index is 11.0. The van der Waals surface area contributed by atoms with E-state index in [1.54, 1.807) is 20.3 Å². The van der Waals surface area contributed by atoms with Gasteiger partial charge in [0, 0.05) is 6.61 Å².